The van der Waals surface area contributed by atoms with Crippen LogP contribution in [0.5, 0.6) is 0 Å². The third kappa shape index (κ3) is 5.68. The average Bonchev–Trinajstić information content (AvgIpc) is 2.33. The van der Waals surface area contributed by atoms with E-state index < -0.39 is 0 Å². The molecular weight excluding hydrogens is 226 g/mol. The van der Waals surface area contributed by atoms with Crippen molar-refractivity contribution < 1.29 is 9.47 Å². The van der Waals surface area contributed by atoms with Crippen molar-refractivity contribution in [1.29, 1.82) is 0 Å². The molecule has 0 saturated heterocycles. The Morgan fingerprint density at radius 2 is 1.94 bits per heavy atom. The predicted octanol–water partition coefficient (Wildman–Crippen LogP) is 2.70. The SMILES string of the molecule is COCCOCCNC1CC(C)CCC1C(C)C. The van der Waals surface area contributed by atoms with Crippen LogP contribution >= 0.6 is 0 Å². The molecule has 0 radical (unpaired) electrons. The second-order valence-corrected chi connectivity index (χ2v) is 5.99. The molecular formula is C15H31NO2. The predicted molar refractivity (Wildman–Crippen MR) is 75.8 cm³/mol. The normalized spacial score (nSPS) is 28.8. The number of methoxy groups -OCH3 is 1. The minimum Gasteiger partial charge on any atom is -0.382 e. The maximum absolute atomic E-state index is 5.50. The van der Waals surface area contributed by atoms with Crippen LogP contribution in [0, 0.1) is 17.8 Å². The molecule has 0 aromatic carbocycles. The van der Waals surface area contributed by atoms with Crippen LogP contribution in [0.15, 0.2) is 0 Å². The van der Waals surface area contributed by atoms with E-state index in [4.69, 9.17) is 9.47 Å². The quantitative estimate of drug-likeness (QED) is 0.678. The van der Waals surface area contributed by atoms with Crippen LogP contribution < -0.4 is 5.32 Å². The number of ether oxygens (including phenoxy) is 2. The zero-order valence-electron chi connectivity index (χ0n) is 12.6. The van der Waals surface area contributed by atoms with Gasteiger partial charge < -0.3 is 14.8 Å². The Morgan fingerprint density at radius 1 is 1.17 bits per heavy atom. The van der Waals surface area contributed by atoms with E-state index in [1.54, 1.807) is 7.11 Å². The van der Waals surface area contributed by atoms with Gasteiger partial charge in [-0.3, -0.25) is 0 Å². The summed E-state index contributed by atoms with van der Waals surface area (Å²) in [6.45, 7) is 10.2. The number of hydrogen-bond acceptors (Lipinski definition) is 3. The molecule has 1 rings (SSSR count). The van der Waals surface area contributed by atoms with Crippen LogP contribution in [0.2, 0.25) is 0 Å². The van der Waals surface area contributed by atoms with Crippen molar-refractivity contribution in [3.8, 4) is 0 Å². The first kappa shape index (κ1) is 15.9. The van der Waals surface area contributed by atoms with Gasteiger partial charge in [0.2, 0.25) is 0 Å². The van der Waals surface area contributed by atoms with Gasteiger partial charge in [0, 0.05) is 19.7 Å². The fourth-order valence-electron chi connectivity index (χ4n) is 3.00. The van der Waals surface area contributed by atoms with Gasteiger partial charge in [-0.15, -0.1) is 0 Å². The molecule has 3 atom stereocenters. The summed E-state index contributed by atoms with van der Waals surface area (Å²) in [7, 11) is 1.71. The van der Waals surface area contributed by atoms with E-state index >= 15 is 0 Å². The van der Waals surface area contributed by atoms with E-state index in [1.165, 1.54) is 19.3 Å². The Kier molecular flexibility index (Phi) is 7.87. The maximum Gasteiger partial charge on any atom is 0.0700 e. The van der Waals surface area contributed by atoms with E-state index in [0.717, 1.165) is 30.9 Å². The average molecular weight is 257 g/mol. The van der Waals surface area contributed by atoms with Gasteiger partial charge in [-0.2, -0.15) is 0 Å². The van der Waals surface area contributed by atoms with E-state index in [9.17, 15) is 0 Å². The Labute approximate surface area is 113 Å². The highest BCUT2D eigenvalue weighted by atomic mass is 16.5. The molecule has 0 heterocycles. The highest BCUT2D eigenvalue weighted by molar-refractivity contribution is 4.85. The van der Waals surface area contributed by atoms with Gasteiger partial charge in [-0.05, 0) is 30.6 Å². The van der Waals surface area contributed by atoms with Gasteiger partial charge in [-0.25, -0.2) is 0 Å². The van der Waals surface area contributed by atoms with Crippen molar-refractivity contribution in [3.05, 3.63) is 0 Å². The summed E-state index contributed by atoms with van der Waals surface area (Å²) in [5, 5.41) is 3.69. The van der Waals surface area contributed by atoms with Crippen molar-refractivity contribution in [3.63, 3.8) is 0 Å². The maximum atomic E-state index is 5.50. The van der Waals surface area contributed by atoms with Gasteiger partial charge >= 0.3 is 0 Å². The monoisotopic (exact) mass is 257 g/mol. The molecule has 3 nitrogen and oxygen atoms in total. The topological polar surface area (TPSA) is 30.5 Å². The molecule has 0 aromatic heterocycles. The van der Waals surface area contributed by atoms with Crippen LogP contribution in [-0.2, 0) is 9.47 Å². The minimum atomic E-state index is 0.680. The van der Waals surface area contributed by atoms with Crippen LogP contribution in [-0.4, -0.2) is 39.5 Å². The second kappa shape index (κ2) is 8.89. The van der Waals surface area contributed by atoms with E-state index in [0.29, 0.717) is 19.3 Å². The Hall–Kier alpha value is -0.120. The molecule has 0 amide bonds. The van der Waals surface area contributed by atoms with Gasteiger partial charge in [0.25, 0.3) is 0 Å². The molecule has 0 aliphatic heterocycles. The van der Waals surface area contributed by atoms with Crippen LogP contribution in [0.25, 0.3) is 0 Å². The fraction of sp³-hybridized carbons (Fsp3) is 1.00. The summed E-state index contributed by atoms with van der Waals surface area (Å²) in [5.41, 5.74) is 0. The van der Waals surface area contributed by atoms with Crippen molar-refractivity contribution in [1.82, 2.24) is 5.32 Å². The summed E-state index contributed by atoms with van der Waals surface area (Å²) in [6.07, 6.45) is 4.09. The third-order valence-electron chi connectivity index (χ3n) is 4.11. The van der Waals surface area contributed by atoms with Gasteiger partial charge in [-0.1, -0.05) is 27.2 Å². The lowest BCUT2D eigenvalue weighted by atomic mass is 9.74. The van der Waals surface area contributed by atoms with Crippen molar-refractivity contribution in [2.75, 3.05) is 33.5 Å². The standard InChI is InChI=1S/C15H31NO2/c1-12(2)14-6-5-13(3)11-15(14)16-7-8-18-10-9-17-4/h12-16H,5-11H2,1-4H3. The van der Waals surface area contributed by atoms with Crippen LogP contribution in [0.3, 0.4) is 0 Å². The summed E-state index contributed by atoms with van der Waals surface area (Å²) >= 11 is 0. The summed E-state index contributed by atoms with van der Waals surface area (Å²) in [4.78, 5) is 0. The highest BCUT2D eigenvalue weighted by Gasteiger charge is 2.29. The molecule has 1 aliphatic carbocycles. The summed E-state index contributed by atoms with van der Waals surface area (Å²) < 4.78 is 10.5. The molecule has 1 N–H and O–H groups in total. The molecule has 18 heavy (non-hydrogen) atoms. The molecule has 0 aromatic rings. The van der Waals surface area contributed by atoms with Crippen LogP contribution in [0.4, 0.5) is 0 Å². The van der Waals surface area contributed by atoms with Gasteiger partial charge in [0.1, 0.15) is 0 Å². The molecule has 3 heteroatoms. The number of nitrogens with one attached hydrogen (secondary N) is 1. The molecule has 3 unspecified atom stereocenters. The lowest BCUT2D eigenvalue weighted by molar-refractivity contribution is 0.0672. The van der Waals surface area contributed by atoms with Gasteiger partial charge in [0.15, 0.2) is 0 Å². The largest absolute Gasteiger partial charge is 0.382 e. The van der Waals surface area contributed by atoms with Gasteiger partial charge in [0.05, 0.1) is 19.8 Å². The fourth-order valence-corrected chi connectivity index (χ4v) is 3.00. The number of hydrogen-bond donors (Lipinski definition) is 1. The van der Waals surface area contributed by atoms with E-state index in [2.05, 4.69) is 26.1 Å². The van der Waals surface area contributed by atoms with E-state index in [1.807, 2.05) is 0 Å². The first-order valence-electron chi connectivity index (χ1n) is 7.45. The van der Waals surface area contributed by atoms with E-state index in [-0.39, 0.29) is 0 Å². The first-order valence-corrected chi connectivity index (χ1v) is 7.45. The second-order valence-electron chi connectivity index (χ2n) is 5.99. The lowest BCUT2D eigenvalue weighted by Gasteiger charge is -2.38. The molecule has 0 bridgehead atoms. The lowest BCUT2D eigenvalue weighted by Crippen LogP contribution is -2.44. The zero-order chi connectivity index (χ0) is 13.4. The van der Waals surface area contributed by atoms with Crippen molar-refractivity contribution in [2.45, 2.75) is 46.1 Å². The molecule has 108 valence electrons. The Balaban J connectivity index is 2.20. The Morgan fingerprint density at radius 3 is 2.61 bits per heavy atom. The van der Waals surface area contributed by atoms with Crippen molar-refractivity contribution in [2.24, 2.45) is 17.8 Å². The smallest absolute Gasteiger partial charge is 0.0700 e. The third-order valence-corrected chi connectivity index (χ3v) is 4.11. The highest BCUT2D eigenvalue weighted by Crippen LogP contribution is 2.33. The zero-order valence-corrected chi connectivity index (χ0v) is 12.6. The van der Waals surface area contributed by atoms with Crippen LogP contribution in [0.1, 0.15) is 40.0 Å². The molecule has 1 saturated carbocycles. The number of rotatable bonds is 8. The Bertz CT molecular complexity index is 209. The summed E-state index contributed by atoms with van der Waals surface area (Å²) in [5.74, 6) is 2.48. The molecule has 1 fully saturated rings. The molecule has 0 spiro atoms. The molecule has 1 aliphatic rings. The minimum absolute atomic E-state index is 0.680. The first-order chi connectivity index (χ1) is 8.65. The summed E-state index contributed by atoms with van der Waals surface area (Å²) in [6, 6.07) is 0.680. The van der Waals surface area contributed by atoms with Crippen molar-refractivity contribution >= 4 is 0 Å².